The Labute approximate surface area is 240 Å². The lowest BCUT2D eigenvalue weighted by Gasteiger charge is -2.23. The minimum Gasteiger partial charge on any atom is -0.507 e. The minimum absolute atomic E-state index is 0.0402. The number of nitrogens with zero attached hydrogens (tertiary/aromatic N) is 3. The fourth-order valence-corrected chi connectivity index (χ4v) is 6.68. The lowest BCUT2D eigenvalue weighted by Crippen LogP contribution is -2.29. The standard InChI is InChI=1S/C30H26ClN3O3S2/c1-4-19-11-13-20(14-12-19)25-24(26(35)22-15-17(2)9-10-18(22)3)27(36)28(37)34(25)29-32-33-30(39-29)38-16-21-7-5-6-8-23(21)31/h5-15,25,35H,4,16H2,1-3H3/b26-24+. The Bertz CT molecular complexity index is 1600. The Balaban J connectivity index is 1.57. The average Bonchev–Trinajstić information content (AvgIpc) is 3.51. The van der Waals surface area contributed by atoms with E-state index in [-0.39, 0.29) is 11.3 Å². The Kier molecular flexibility index (Phi) is 7.88. The van der Waals surface area contributed by atoms with Crippen molar-refractivity contribution >= 4 is 57.3 Å². The third-order valence-electron chi connectivity index (χ3n) is 6.71. The van der Waals surface area contributed by atoms with Gasteiger partial charge >= 0.3 is 5.91 Å². The summed E-state index contributed by atoms with van der Waals surface area (Å²) >= 11 is 8.98. The molecule has 0 bridgehead atoms. The van der Waals surface area contributed by atoms with E-state index in [9.17, 15) is 14.7 Å². The molecule has 0 aliphatic carbocycles. The third kappa shape index (κ3) is 5.37. The molecule has 1 fully saturated rings. The van der Waals surface area contributed by atoms with E-state index in [2.05, 4.69) is 17.1 Å². The molecular weight excluding hydrogens is 550 g/mol. The van der Waals surface area contributed by atoms with Crippen LogP contribution in [0.25, 0.3) is 5.76 Å². The SMILES string of the molecule is CCc1ccc(C2/C(=C(\O)c3cc(C)ccc3C)C(=O)C(=O)N2c2nnc(SCc3ccccc3Cl)s2)cc1. The summed E-state index contributed by atoms with van der Waals surface area (Å²) in [6.07, 6.45) is 0.853. The molecule has 1 atom stereocenters. The summed E-state index contributed by atoms with van der Waals surface area (Å²) in [6, 6.07) is 20.1. The molecule has 1 aromatic heterocycles. The zero-order valence-corrected chi connectivity index (χ0v) is 24.0. The molecule has 1 N–H and O–H groups in total. The third-order valence-corrected chi connectivity index (χ3v) is 9.18. The largest absolute Gasteiger partial charge is 0.507 e. The highest BCUT2D eigenvalue weighted by molar-refractivity contribution is 8.00. The molecule has 0 radical (unpaired) electrons. The van der Waals surface area contributed by atoms with Crippen LogP contribution in [0.2, 0.25) is 5.02 Å². The summed E-state index contributed by atoms with van der Waals surface area (Å²) in [6.45, 7) is 5.84. The van der Waals surface area contributed by atoms with Gasteiger partial charge in [-0.05, 0) is 54.7 Å². The second-order valence-corrected chi connectivity index (χ2v) is 11.9. The fourth-order valence-electron chi connectivity index (χ4n) is 4.53. The van der Waals surface area contributed by atoms with Crippen LogP contribution >= 0.6 is 34.7 Å². The quantitative estimate of drug-likeness (QED) is 0.0819. The molecule has 2 heterocycles. The molecule has 1 aliphatic rings. The molecule has 1 saturated heterocycles. The monoisotopic (exact) mass is 575 g/mol. The normalized spacial score (nSPS) is 16.7. The first kappa shape index (κ1) is 27.1. The number of rotatable bonds is 7. The summed E-state index contributed by atoms with van der Waals surface area (Å²) in [5, 5.41) is 21.0. The second kappa shape index (κ2) is 11.3. The number of aromatic nitrogens is 2. The number of ketones is 1. The first-order chi connectivity index (χ1) is 18.8. The van der Waals surface area contributed by atoms with Crippen molar-refractivity contribution in [3.05, 3.63) is 111 Å². The second-order valence-electron chi connectivity index (χ2n) is 9.31. The maximum absolute atomic E-state index is 13.5. The van der Waals surface area contributed by atoms with Gasteiger partial charge < -0.3 is 5.11 Å². The van der Waals surface area contributed by atoms with Gasteiger partial charge in [-0.1, -0.05) is 102 Å². The van der Waals surface area contributed by atoms with Crippen LogP contribution in [0.1, 0.15) is 46.3 Å². The Morgan fingerprint density at radius 2 is 1.79 bits per heavy atom. The zero-order chi connectivity index (χ0) is 27.7. The molecule has 0 spiro atoms. The first-order valence-corrected chi connectivity index (χ1v) is 14.6. The van der Waals surface area contributed by atoms with Crippen LogP contribution < -0.4 is 4.90 Å². The lowest BCUT2D eigenvalue weighted by molar-refractivity contribution is -0.132. The van der Waals surface area contributed by atoms with E-state index >= 15 is 0 Å². The van der Waals surface area contributed by atoms with Gasteiger partial charge in [0.15, 0.2) is 4.34 Å². The maximum Gasteiger partial charge on any atom is 0.301 e. The van der Waals surface area contributed by atoms with Gasteiger partial charge in [0.25, 0.3) is 5.78 Å². The molecule has 198 valence electrons. The van der Waals surface area contributed by atoms with Crippen LogP contribution in [0.4, 0.5) is 5.13 Å². The minimum atomic E-state index is -0.842. The predicted molar refractivity (Wildman–Crippen MR) is 157 cm³/mol. The summed E-state index contributed by atoms with van der Waals surface area (Å²) < 4.78 is 0.640. The van der Waals surface area contributed by atoms with Crippen molar-refractivity contribution in [2.45, 2.75) is 43.3 Å². The van der Waals surface area contributed by atoms with Gasteiger partial charge in [-0.3, -0.25) is 14.5 Å². The molecule has 3 aromatic carbocycles. The summed E-state index contributed by atoms with van der Waals surface area (Å²) in [5.74, 6) is -1.11. The number of halogens is 1. The molecule has 39 heavy (non-hydrogen) atoms. The van der Waals surface area contributed by atoms with Crippen LogP contribution in [0, 0.1) is 13.8 Å². The number of hydrogen-bond acceptors (Lipinski definition) is 7. The molecule has 6 nitrogen and oxygen atoms in total. The number of Topliss-reactive ketones (excluding diaryl/α,β-unsaturated/α-hetero) is 1. The molecule has 0 saturated carbocycles. The van der Waals surface area contributed by atoms with E-state index in [1.54, 1.807) is 0 Å². The van der Waals surface area contributed by atoms with Gasteiger partial charge in [-0.25, -0.2) is 0 Å². The number of amides is 1. The maximum atomic E-state index is 13.5. The van der Waals surface area contributed by atoms with Gasteiger partial charge in [-0.2, -0.15) is 0 Å². The highest BCUT2D eigenvalue weighted by Gasteiger charge is 2.48. The van der Waals surface area contributed by atoms with E-state index in [1.165, 1.54) is 28.0 Å². The number of thioether (sulfide) groups is 1. The average molecular weight is 576 g/mol. The number of benzene rings is 3. The van der Waals surface area contributed by atoms with E-state index in [1.807, 2.05) is 80.6 Å². The van der Waals surface area contributed by atoms with Crippen molar-refractivity contribution in [2.75, 3.05) is 4.90 Å². The van der Waals surface area contributed by atoms with Gasteiger partial charge in [0.1, 0.15) is 5.76 Å². The van der Waals surface area contributed by atoms with E-state index in [0.29, 0.717) is 31.4 Å². The van der Waals surface area contributed by atoms with Crippen molar-refractivity contribution in [1.29, 1.82) is 0 Å². The molecule has 4 aromatic rings. The van der Waals surface area contributed by atoms with Crippen molar-refractivity contribution in [3.8, 4) is 0 Å². The van der Waals surface area contributed by atoms with Crippen LogP contribution in [0.15, 0.2) is 76.6 Å². The molecule has 1 amide bonds. The molecule has 1 aliphatic heterocycles. The number of aliphatic hydroxyl groups is 1. The zero-order valence-electron chi connectivity index (χ0n) is 21.6. The summed E-state index contributed by atoms with van der Waals surface area (Å²) in [7, 11) is 0. The highest BCUT2D eigenvalue weighted by atomic mass is 35.5. The predicted octanol–water partition coefficient (Wildman–Crippen LogP) is 7.29. The van der Waals surface area contributed by atoms with Crippen molar-refractivity contribution in [3.63, 3.8) is 0 Å². The Hall–Kier alpha value is -3.46. The van der Waals surface area contributed by atoms with Crippen LogP contribution in [0.3, 0.4) is 0 Å². The number of carbonyl (C=O) groups is 2. The smallest absolute Gasteiger partial charge is 0.301 e. The topological polar surface area (TPSA) is 83.4 Å². The first-order valence-electron chi connectivity index (χ1n) is 12.5. The molecule has 9 heteroatoms. The fraction of sp³-hybridized carbons (Fsp3) is 0.200. The van der Waals surface area contributed by atoms with E-state index in [4.69, 9.17) is 11.6 Å². The Morgan fingerprint density at radius 1 is 1.05 bits per heavy atom. The summed E-state index contributed by atoms with van der Waals surface area (Å²) in [4.78, 5) is 28.3. The number of hydrogen-bond donors (Lipinski definition) is 1. The summed E-state index contributed by atoms with van der Waals surface area (Å²) in [5.41, 5.74) is 5.10. The van der Waals surface area contributed by atoms with Crippen LogP contribution in [-0.4, -0.2) is 27.0 Å². The molecule has 5 rings (SSSR count). The van der Waals surface area contributed by atoms with E-state index < -0.39 is 17.7 Å². The van der Waals surface area contributed by atoms with Crippen molar-refractivity contribution in [2.24, 2.45) is 0 Å². The number of aryl methyl sites for hydroxylation is 3. The van der Waals surface area contributed by atoms with Gasteiger partial charge in [0.2, 0.25) is 5.13 Å². The number of carbonyl (C=O) groups excluding carboxylic acids is 2. The van der Waals surface area contributed by atoms with Gasteiger partial charge in [0, 0.05) is 16.3 Å². The van der Waals surface area contributed by atoms with Crippen LogP contribution in [-0.2, 0) is 21.8 Å². The molecular formula is C30H26ClN3O3S2. The van der Waals surface area contributed by atoms with Crippen LogP contribution in [0.5, 0.6) is 0 Å². The van der Waals surface area contributed by atoms with Crippen molar-refractivity contribution in [1.82, 2.24) is 10.2 Å². The van der Waals surface area contributed by atoms with Gasteiger partial charge in [0.05, 0.1) is 11.6 Å². The van der Waals surface area contributed by atoms with Gasteiger partial charge in [-0.15, -0.1) is 10.2 Å². The van der Waals surface area contributed by atoms with E-state index in [0.717, 1.165) is 28.7 Å². The number of anilines is 1. The highest BCUT2D eigenvalue weighted by Crippen LogP contribution is 2.44. The lowest BCUT2D eigenvalue weighted by atomic mass is 9.93. The van der Waals surface area contributed by atoms with Crippen molar-refractivity contribution < 1.29 is 14.7 Å². The Morgan fingerprint density at radius 3 is 2.51 bits per heavy atom. The molecule has 1 unspecified atom stereocenters. The number of aliphatic hydroxyl groups excluding tert-OH is 1.